The molecular formula is C19H19N3O3. The highest BCUT2D eigenvalue weighted by atomic mass is 16.6. The predicted molar refractivity (Wildman–Crippen MR) is 95.9 cm³/mol. The first kappa shape index (κ1) is 16.8. The Morgan fingerprint density at radius 1 is 1.12 bits per heavy atom. The van der Waals surface area contributed by atoms with E-state index in [-0.39, 0.29) is 11.3 Å². The van der Waals surface area contributed by atoms with Crippen LogP contribution < -0.4 is 5.43 Å². The molecule has 25 heavy (non-hydrogen) atoms. The fraction of sp³-hybridized carbons (Fsp3) is 0.263. The van der Waals surface area contributed by atoms with E-state index < -0.39 is 10.8 Å². The molecule has 1 amide bonds. The van der Waals surface area contributed by atoms with E-state index in [1.165, 1.54) is 42.2 Å². The van der Waals surface area contributed by atoms with Gasteiger partial charge in [0.15, 0.2) is 0 Å². The number of fused-ring (bicyclic) bond motifs is 1. The van der Waals surface area contributed by atoms with Crippen LogP contribution >= 0.6 is 0 Å². The number of carbonyl (C=O) groups excluding carboxylic acids is 1. The van der Waals surface area contributed by atoms with E-state index in [9.17, 15) is 14.9 Å². The normalized spacial score (nSPS) is 13.9. The maximum Gasteiger partial charge on any atom is 0.282 e. The van der Waals surface area contributed by atoms with Gasteiger partial charge in [0.25, 0.3) is 11.6 Å². The summed E-state index contributed by atoms with van der Waals surface area (Å²) in [5.41, 5.74) is 6.51. The van der Waals surface area contributed by atoms with Crippen molar-refractivity contribution >= 4 is 17.3 Å². The van der Waals surface area contributed by atoms with Crippen LogP contribution in [0, 0.1) is 10.1 Å². The van der Waals surface area contributed by atoms with Crippen molar-refractivity contribution in [1.29, 1.82) is 0 Å². The Labute approximate surface area is 145 Å². The third-order valence-corrected chi connectivity index (χ3v) is 4.44. The van der Waals surface area contributed by atoms with E-state index in [0.717, 1.165) is 18.4 Å². The number of hydrogen-bond donors (Lipinski definition) is 1. The Bertz CT molecular complexity index is 859. The molecule has 6 heteroatoms. The second-order valence-electron chi connectivity index (χ2n) is 6.10. The van der Waals surface area contributed by atoms with Gasteiger partial charge in [0.05, 0.1) is 10.6 Å². The molecule has 0 unspecified atom stereocenters. The summed E-state index contributed by atoms with van der Waals surface area (Å²) in [4.78, 5) is 22.7. The number of benzene rings is 2. The number of amides is 1. The van der Waals surface area contributed by atoms with Crippen molar-refractivity contribution in [1.82, 2.24) is 5.43 Å². The molecule has 0 radical (unpaired) electrons. The van der Waals surface area contributed by atoms with Crippen LogP contribution in [0.15, 0.2) is 47.6 Å². The van der Waals surface area contributed by atoms with Crippen LogP contribution in [0.5, 0.6) is 0 Å². The minimum atomic E-state index is -0.593. The summed E-state index contributed by atoms with van der Waals surface area (Å²) in [7, 11) is 0. The van der Waals surface area contributed by atoms with Gasteiger partial charge in [0.2, 0.25) is 0 Å². The van der Waals surface area contributed by atoms with Gasteiger partial charge in [0, 0.05) is 6.07 Å². The molecule has 128 valence electrons. The second kappa shape index (κ2) is 7.25. The first-order valence-electron chi connectivity index (χ1n) is 8.26. The number of nitrogens with zero attached hydrogens (tertiary/aromatic N) is 2. The summed E-state index contributed by atoms with van der Waals surface area (Å²) in [5, 5.41) is 15.1. The fourth-order valence-corrected chi connectivity index (χ4v) is 3.04. The third-order valence-electron chi connectivity index (χ3n) is 4.44. The number of nitro benzene ring substituents is 1. The van der Waals surface area contributed by atoms with E-state index in [4.69, 9.17) is 0 Å². The highest BCUT2D eigenvalue weighted by Crippen LogP contribution is 2.22. The first-order chi connectivity index (χ1) is 12.1. The summed E-state index contributed by atoms with van der Waals surface area (Å²) in [6.45, 7) is 1.81. The first-order valence-corrected chi connectivity index (χ1v) is 8.26. The Morgan fingerprint density at radius 3 is 2.60 bits per heavy atom. The molecule has 0 saturated carbocycles. The maximum absolute atomic E-state index is 12.2. The Balaban J connectivity index is 1.78. The topological polar surface area (TPSA) is 84.6 Å². The lowest BCUT2D eigenvalue weighted by Gasteiger charge is -2.16. The van der Waals surface area contributed by atoms with Gasteiger partial charge in [-0.2, -0.15) is 5.10 Å². The molecule has 0 heterocycles. The average molecular weight is 337 g/mol. The summed E-state index contributed by atoms with van der Waals surface area (Å²) >= 11 is 0. The van der Waals surface area contributed by atoms with Gasteiger partial charge < -0.3 is 0 Å². The Kier molecular flexibility index (Phi) is 4.88. The van der Waals surface area contributed by atoms with E-state index in [1.54, 1.807) is 6.07 Å². The van der Waals surface area contributed by atoms with Gasteiger partial charge in [-0.05, 0) is 61.4 Å². The molecule has 0 aliphatic heterocycles. The largest absolute Gasteiger partial charge is 0.282 e. The van der Waals surface area contributed by atoms with Crippen LogP contribution in [-0.4, -0.2) is 16.5 Å². The fourth-order valence-electron chi connectivity index (χ4n) is 3.04. The van der Waals surface area contributed by atoms with Gasteiger partial charge in [0.1, 0.15) is 5.56 Å². The van der Waals surface area contributed by atoms with Crippen molar-refractivity contribution in [3.05, 3.63) is 74.8 Å². The number of hydrogen-bond acceptors (Lipinski definition) is 4. The quantitative estimate of drug-likeness (QED) is 0.525. The molecule has 1 N–H and O–H groups in total. The number of nitro groups is 1. The SMILES string of the molecule is C/C(=N/NC(=O)c1ccccc1[N+](=O)[O-])c1ccc2c(c1)CCCC2. The van der Waals surface area contributed by atoms with Crippen molar-refractivity contribution in [2.24, 2.45) is 5.10 Å². The zero-order valence-electron chi connectivity index (χ0n) is 14.0. The van der Waals surface area contributed by atoms with Gasteiger partial charge in [-0.15, -0.1) is 0 Å². The van der Waals surface area contributed by atoms with E-state index in [2.05, 4.69) is 22.7 Å². The molecule has 3 rings (SSSR count). The molecule has 2 aromatic rings. The maximum atomic E-state index is 12.2. The Morgan fingerprint density at radius 2 is 1.84 bits per heavy atom. The molecule has 0 aromatic heterocycles. The van der Waals surface area contributed by atoms with Crippen molar-refractivity contribution in [2.45, 2.75) is 32.6 Å². The number of rotatable bonds is 4. The summed E-state index contributed by atoms with van der Waals surface area (Å²) in [6.07, 6.45) is 4.60. The zero-order chi connectivity index (χ0) is 17.8. The van der Waals surface area contributed by atoms with Gasteiger partial charge in [-0.25, -0.2) is 5.43 Å². The molecule has 6 nitrogen and oxygen atoms in total. The molecule has 1 aliphatic rings. The lowest BCUT2D eigenvalue weighted by molar-refractivity contribution is -0.385. The number of para-hydroxylation sites is 1. The van der Waals surface area contributed by atoms with Crippen LogP contribution in [0.3, 0.4) is 0 Å². The molecule has 0 spiro atoms. The van der Waals surface area contributed by atoms with E-state index >= 15 is 0 Å². The van der Waals surface area contributed by atoms with Crippen molar-refractivity contribution in [3.8, 4) is 0 Å². The molecule has 1 aliphatic carbocycles. The smallest absolute Gasteiger partial charge is 0.267 e. The lowest BCUT2D eigenvalue weighted by Crippen LogP contribution is -2.20. The van der Waals surface area contributed by atoms with E-state index in [1.807, 2.05) is 13.0 Å². The number of nitrogens with one attached hydrogen (secondary N) is 1. The Hall–Kier alpha value is -3.02. The molecule has 0 fully saturated rings. The highest BCUT2D eigenvalue weighted by molar-refractivity contribution is 6.02. The molecule has 0 bridgehead atoms. The number of hydrazone groups is 1. The monoisotopic (exact) mass is 337 g/mol. The van der Waals surface area contributed by atoms with Crippen LogP contribution in [0.1, 0.15) is 46.8 Å². The summed E-state index contributed by atoms with van der Waals surface area (Å²) in [6, 6.07) is 12.1. The second-order valence-corrected chi connectivity index (χ2v) is 6.10. The van der Waals surface area contributed by atoms with E-state index in [0.29, 0.717) is 5.71 Å². The lowest BCUT2D eigenvalue weighted by atomic mass is 9.90. The van der Waals surface area contributed by atoms with Crippen LogP contribution in [0.2, 0.25) is 0 Å². The molecule has 0 atom stereocenters. The van der Waals surface area contributed by atoms with Crippen molar-refractivity contribution in [3.63, 3.8) is 0 Å². The standard InChI is InChI=1S/C19H19N3O3/c1-13(15-11-10-14-6-2-3-7-16(14)12-15)20-21-19(23)17-8-4-5-9-18(17)22(24)25/h4-5,8-12H,2-3,6-7H2,1H3,(H,21,23)/b20-13-. The third kappa shape index (κ3) is 3.74. The minimum Gasteiger partial charge on any atom is -0.267 e. The summed E-state index contributed by atoms with van der Waals surface area (Å²) < 4.78 is 0. The number of aryl methyl sites for hydroxylation is 2. The van der Waals surface area contributed by atoms with Crippen molar-refractivity contribution in [2.75, 3.05) is 0 Å². The van der Waals surface area contributed by atoms with Crippen LogP contribution in [0.25, 0.3) is 0 Å². The number of carbonyl (C=O) groups is 1. The highest BCUT2D eigenvalue weighted by Gasteiger charge is 2.19. The molecule has 2 aromatic carbocycles. The van der Waals surface area contributed by atoms with Gasteiger partial charge >= 0.3 is 0 Å². The zero-order valence-corrected chi connectivity index (χ0v) is 14.0. The molecular weight excluding hydrogens is 318 g/mol. The summed E-state index contributed by atoms with van der Waals surface area (Å²) in [5.74, 6) is -0.593. The van der Waals surface area contributed by atoms with Crippen LogP contribution in [0.4, 0.5) is 5.69 Å². The van der Waals surface area contributed by atoms with Crippen LogP contribution in [-0.2, 0) is 12.8 Å². The average Bonchev–Trinajstić information content (AvgIpc) is 2.65. The van der Waals surface area contributed by atoms with Crippen molar-refractivity contribution < 1.29 is 9.72 Å². The van der Waals surface area contributed by atoms with Gasteiger partial charge in [-0.3, -0.25) is 14.9 Å². The van der Waals surface area contributed by atoms with Gasteiger partial charge in [-0.1, -0.05) is 24.3 Å². The molecule has 0 saturated heterocycles. The minimum absolute atomic E-state index is 0.00510. The predicted octanol–water partition coefficient (Wildman–Crippen LogP) is 3.63.